The van der Waals surface area contributed by atoms with Gasteiger partial charge in [-0.15, -0.1) is 0 Å². The Bertz CT molecular complexity index is 586. The summed E-state index contributed by atoms with van der Waals surface area (Å²) in [5.41, 5.74) is 0.378. The first-order valence-corrected chi connectivity index (χ1v) is 7.65. The van der Waals surface area contributed by atoms with Crippen LogP contribution in [0.4, 0.5) is 5.69 Å². The summed E-state index contributed by atoms with van der Waals surface area (Å²) in [7, 11) is 0. The Labute approximate surface area is 126 Å². The average molecular weight is 338 g/mol. The summed E-state index contributed by atoms with van der Waals surface area (Å²) in [6.45, 7) is 2.05. The summed E-state index contributed by atoms with van der Waals surface area (Å²) >= 11 is 3.42. The number of ether oxygens (including phenoxy) is 1. The number of benzene rings is 1. The van der Waals surface area contributed by atoms with Crippen LogP contribution in [0.25, 0.3) is 0 Å². The Balaban J connectivity index is 2.05. The fraction of sp³-hybridized carbons (Fsp3) is 0.467. The van der Waals surface area contributed by atoms with Gasteiger partial charge in [0.15, 0.2) is 5.60 Å². The molecule has 2 atom stereocenters. The zero-order valence-electron chi connectivity index (χ0n) is 11.2. The number of fused-ring (bicyclic) bond motifs is 2. The van der Waals surface area contributed by atoms with Crippen LogP contribution in [0.5, 0.6) is 0 Å². The molecule has 2 heterocycles. The van der Waals surface area contributed by atoms with Crippen LogP contribution >= 0.6 is 15.9 Å². The molecular weight excluding hydrogens is 322 g/mol. The Morgan fingerprint density at radius 2 is 2.25 bits per heavy atom. The first-order chi connectivity index (χ1) is 9.55. The number of carbonyl (C=O) groups is 2. The van der Waals surface area contributed by atoms with Crippen molar-refractivity contribution in [3.63, 3.8) is 0 Å². The summed E-state index contributed by atoms with van der Waals surface area (Å²) < 4.78 is 6.96. The van der Waals surface area contributed by atoms with Crippen molar-refractivity contribution in [2.24, 2.45) is 0 Å². The second-order valence-corrected chi connectivity index (χ2v) is 6.33. The van der Waals surface area contributed by atoms with Crippen molar-refractivity contribution in [1.29, 1.82) is 0 Å². The van der Waals surface area contributed by atoms with E-state index in [0.29, 0.717) is 6.42 Å². The van der Waals surface area contributed by atoms with Gasteiger partial charge in [-0.05, 0) is 24.6 Å². The summed E-state index contributed by atoms with van der Waals surface area (Å²) in [4.78, 5) is 24.5. The van der Waals surface area contributed by atoms with E-state index in [-0.39, 0.29) is 24.2 Å². The van der Waals surface area contributed by atoms with Crippen LogP contribution in [-0.2, 0) is 19.9 Å². The smallest absolute Gasteiger partial charge is 0.261 e. The Hall–Kier alpha value is -1.20. The average Bonchev–Trinajstić information content (AvgIpc) is 2.63. The van der Waals surface area contributed by atoms with Crippen LogP contribution in [0.2, 0.25) is 0 Å². The number of ketones is 1. The highest BCUT2D eigenvalue weighted by atomic mass is 79.9. The van der Waals surface area contributed by atoms with Gasteiger partial charge in [-0.1, -0.05) is 29.3 Å². The second-order valence-electron chi connectivity index (χ2n) is 5.42. The number of Topliss-reactive ketones (excluding diaryl/α,β-unsaturated/α-hetero) is 1. The van der Waals surface area contributed by atoms with Crippen LogP contribution in [0, 0.1) is 0 Å². The van der Waals surface area contributed by atoms with E-state index >= 15 is 0 Å². The molecule has 1 N–H and O–H groups in total. The zero-order valence-corrected chi connectivity index (χ0v) is 12.8. The predicted molar refractivity (Wildman–Crippen MR) is 78.5 cm³/mol. The van der Waals surface area contributed by atoms with Crippen LogP contribution in [0.3, 0.4) is 0 Å². The summed E-state index contributed by atoms with van der Waals surface area (Å²) in [5, 5.41) is 2.83. The fourth-order valence-electron chi connectivity index (χ4n) is 3.05. The summed E-state index contributed by atoms with van der Waals surface area (Å²) in [6, 6.07) is 5.57. The first kappa shape index (κ1) is 13.8. The maximum atomic E-state index is 12.4. The molecule has 0 radical (unpaired) electrons. The highest BCUT2D eigenvalue weighted by molar-refractivity contribution is 9.10. The van der Waals surface area contributed by atoms with E-state index in [1.165, 1.54) is 0 Å². The van der Waals surface area contributed by atoms with Gasteiger partial charge in [-0.3, -0.25) is 9.59 Å². The molecular formula is C15H16BrNO3. The highest BCUT2D eigenvalue weighted by Crippen LogP contribution is 2.46. The molecule has 3 rings (SSSR count). The van der Waals surface area contributed by atoms with Gasteiger partial charge >= 0.3 is 0 Å². The molecule has 1 aromatic carbocycles. The van der Waals surface area contributed by atoms with Gasteiger partial charge in [0, 0.05) is 28.6 Å². The van der Waals surface area contributed by atoms with Crippen molar-refractivity contribution in [3.8, 4) is 0 Å². The second kappa shape index (κ2) is 4.97. The van der Waals surface area contributed by atoms with Gasteiger partial charge in [-0.25, -0.2) is 0 Å². The van der Waals surface area contributed by atoms with Gasteiger partial charge < -0.3 is 10.1 Å². The molecule has 0 bridgehead atoms. The molecule has 0 aromatic heterocycles. The molecule has 4 nitrogen and oxygen atoms in total. The van der Waals surface area contributed by atoms with E-state index in [9.17, 15) is 9.59 Å². The molecule has 0 aliphatic carbocycles. The van der Waals surface area contributed by atoms with E-state index in [4.69, 9.17) is 4.74 Å². The number of halogens is 1. The van der Waals surface area contributed by atoms with Crippen molar-refractivity contribution in [3.05, 3.63) is 28.2 Å². The molecule has 1 saturated heterocycles. The molecule has 106 valence electrons. The third-order valence-corrected chi connectivity index (χ3v) is 4.40. The minimum absolute atomic E-state index is 0.0951. The van der Waals surface area contributed by atoms with Crippen LogP contribution in [0.15, 0.2) is 22.7 Å². The number of carbonyl (C=O) groups excluding carboxylic acids is 2. The molecule has 1 amide bonds. The first-order valence-electron chi connectivity index (χ1n) is 6.86. The van der Waals surface area contributed by atoms with Crippen LogP contribution < -0.4 is 5.32 Å². The van der Waals surface area contributed by atoms with Gasteiger partial charge in [0.05, 0.1) is 6.10 Å². The molecule has 1 spiro atoms. The van der Waals surface area contributed by atoms with E-state index in [0.717, 1.165) is 28.6 Å². The topological polar surface area (TPSA) is 55.4 Å². The number of anilines is 1. The minimum Gasteiger partial charge on any atom is -0.356 e. The van der Waals surface area contributed by atoms with Gasteiger partial charge in [0.1, 0.15) is 5.78 Å². The van der Waals surface area contributed by atoms with Gasteiger partial charge in [0.25, 0.3) is 5.91 Å². The van der Waals surface area contributed by atoms with E-state index in [2.05, 4.69) is 21.2 Å². The van der Waals surface area contributed by atoms with E-state index in [1.807, 2.05) is 25.1 Å². The van der Waals surface area contributed by atoms with Crippen molar-refractivity contribution in [2.45, 2.75) is 44.3 Å². The molecule has 1 aromatic rings. The van der Waals surface area contributed by atoms with E-state index in [1.54, 1.807) is 0 Å². The van der Waals surface area contributed by atoms with E-state index < -0.39 is 5.60 Å². The molecule has 1 fully saturated rings. The van der Waals surface area contributed by atoms with Gasteiger partial charge in [-0.2, -0.15) is 0 Å². The van der Waals surface area contributed by atoms with Crippen LogP contribution in [0.1, 0.15) is 38.2 Å². The molecule has 2 aliphatic rings. The lowest BCUT2D eigenvalue weighted by molar-refractivity contribution is -0.170. The lowest BCUT2D eigenvalue weighted by Crippen LogP contribution is -2.47. The standard InChI is InChI=1S/C15H16BrNO3/c1-2-3-11-7-10(18)8-15(20-11)12-6-9(16)4-5-13(12)17-14(15)19/h4-6,11H,2-3,7-8H2,1H3,(H,17,19). The highest BCUT2D eigenvalue weighted by Gasteiger charge is 2.53. The third kappa shape index (κ3) is 2.09. The molecule has 5 heteroatoms. The maximum absolute atomic E-state index is 12.4. The summed E-state index contributed by atoms with van der Waals surface area (Å²) in [6.07, 6.45) is 2.09. The number of nitrogens with one attached hydrogen (secondary N) is 1. The van der Waals surface area contributed by atoms with Crippen molar-refractivity contribution < 1.29 is 14.3 Å². The lowest BCUT2D eigenvalue weighted by Gasteiger charge is -2.36. The predicted octanol–water partition coefficient (Wildman–Crippen LogP) is 3.14. The van der Waals surface area contributed by atoms with Crippen molar-refractivity contribution in [1.82, 2.24) is 0 Å². The molecule has 2 unspecified atom stereocenters. The number of rotatable bonds is 2. The monoisotopic (exact) mass is 337 g/mol. The largest absolute Gasteiger partial charge is 0.356 e. The number of amides is 1. The Kier molecular flexibility index (Phi) is 3.42. The lowest BCUT2D eigenvalue weighted by atomic mass is 9.84. The van der Waals surface area contributed by atoms with Crippen molar-refractivity contribution in [2.75, 3.05) is 5.32 Å². The van der Waals surface area contributed by atoms with Gasteiger partial charge in [0.2, 0.25) is 0 Å². The quantitative estimate of drug-likeness (QED) is 0.901. The van der Waals surface area contributed by atoms with Crippen LogP contribution in [-0.4, -0.2) is 17.8 Å². The molecule has 20 heavy (non-hydrogen) atoms. The normalized spacial score (nSPS) is 28.6. The number of hydrogen-bond donors (Lipinski definition) is 1. The Morgan fingerprint density at radius 3 is 3.00 bits per heavy atom. The fourth-order valence-corrected chi connectivity index (χ4v) is 3.41. The van der Waals surface area contributed by atoms with Crippen molar-refractivity contribution >= 4 is 33.3 Å². The number of hydrogen-bond acceptors (Lipinski definition) is 3. The maximum Gasteiger partial charge on any atom is 0.261 e. The Morgan fingerprint density at radius 1 is 1.45 bits per heavy atom. The summed E-state index contributed by atoms with van der Waals surface area (Å²) in [5.74, 6) is -0.127. The third-order valence-electron chi connectivity index (χ3n) is 3.91. The molecule has 2 aliphatic heterocycles. The SMILES string of the molecule is CCCC1CC(=O)CC2(O1)C(=O)Nc1ccc(Br)cc12. The molecule has 0 saturated carbocycles. The zero-order chi connectivity index (χ0) is 14.3. The minimum atomic E-state index is -1.13.